The third-order valence-corrected chi connectivity index (χ3v) is 4.55. The highest BCUT2D eigenvalue weighted by Gasteiger charge is 2.29. The van der Waals surface area contributed by atoms with Crippen LogP contribution in [0.25, 0.3) is 0 Å². The van der Waals surface area contributed by atoms with Crippen molar-refractivity contribution in [1.82, 2.24) is 19.6 Å². The molecular weight excluding hydrogens is 318 g/mol. The van der Waals surface area contributed by atoms with Gasteiger partial charge in [-0.3, -0.25) is 14.3 Å². The number of ketones is 1. The van der Waals surface area contributed by atoms with Crippen molar-refractivity contribution in [2.75, 3.05) is 11.4 Å². The average molecular weight is 336 g/mol. The van der Waals surface area contributed by atoms with Crippen molar-refractivity contribution in [3.05, 3.63) is 39.5 Å². The predicted octanol–water partition coefficient (Wildman–Crippen LogP) is 1.41. The lowest BCUT2D eigenvalue weighted by atomic mass is 10.0. The molecule has 0 bridgehead atoms. The Morgan fingerprint density at radius 2 is 2.13 bits per heavy atom. The van der Waals surface area contributed by atoms with Gasteiger partial charge in [0.15, 0.2) is 5.78 Å². The van der Waals surface area contributed by atoms with Crippen LogP contribution in [-0.4, -0.2) is 37.9 Å². The number of carbonyl (C=O) groups is 1. The Bertz CT molecular complexity index is 797. The van der Waals surface area contributed by atoms with E-state index in [9.17, 15) is 9.59 Å². The molecule has 0 saturated carbocycles. The predicted molar refractivity (Wildman–Crippen MR) is 87.0 cm³/mol. The monoisotopic (exact) mass is 335 g/mol. The quantitative estimate of drug-likeness (QED) is 0.790. The van der Waals surface area contributed by atoms with Crippen molar-refractivity contribution in [2.24, 2.45) is 14.1 Å². The molecule has 1 atom stereocenters. The normalized spacial score (nSPS) is 17.7. The summed E-state index contributed by atoms with van der Waals surface area (Å²) in [5.74, 6) is 0.0444. The van der Waals surface area contributed by atoms with Gasteiger partial charge < -0.3 is 4.90 Å². The maximum absolute atomic E-state index is 12.4. The molecular formula is C15H18ClN5O2. The summed E-state index contributed by atoms with van der Waals surface area (Å²) in [5, 5.41) is 8.23. The molecule has 1 saturated heterocycles. The van der Waals surface area contributed by atoms with E-state index >= 15 is 0 Å². The van der Waals surface area contributed by atoms with Gasteiger partial charge in [-0.05, 0) is 12.8 Å². The Morgan fingerprint density at radius 1 is 1.35 bits per heavy atom. The van der Waals surface area contributed by atoms with E-state index in [1.165, 1.54) is 4.68 Å². The summed E-state index contributed by atoms with van der Waals surface area (Å²) in [4.78, 5) is 26.4. The van der Waals surface area contributed by atoms with Gasteiger partial charge >= 0.3 is 0 Å². The summed E-state index contributed by atoms with van der Waals surface area (Å²) >= 11 is 6.19. The summed E-state index contributed by atoms with van der Waals surface area (Å²) in [6, 6.07) is 0.0223. The van der Waals surface area contributed by atoms with Crippen molar-refractivity contribution in [1.29, 1.82) is 0 Å². The molecule has 0 aliphatic carbocycles. The van der Waals surface area contributed by atoms with Crippen molar-refractivity contribution in [3.8, 4) is 0 Å². The first-order valence-electron chi connectivity index (χ1n) is 7.47. The van der Waals surface area contributed by atoms with Crippen molar-refractivity contribution < 1.29 is 4.79 Å². The van der Waals surface area contributed by atoms with E-state index in [-0.39, 0.29) is 22.4 Å². The molecule has 0 aromatic carbocycles. The molecule has 0 spiro atoms. The summed E-state index contributed by atoms with van der Waals surface area (Å²) in [5.41, 5.74) is 0.886. The van der Waals surface area contributed by atoms with Gasteiger partial charge in [-0.15, -0.1) is 0 Å². The largest absolute Gasteiger partial charge is 0.365 e. The number of rotatable bonds is 4. The first kappa shape index (κ1) is 15.7. The molecule has 1 unspecified atom stereocenters. The fourth-order valence-corrected chi connectivity index (χ4v) is 3.24. The zero-order valence-electron chi connectivity index (χ0n) is 13.1. The number of aromatic nitrogens is 4. The minimum absolute atomic E-state index is 0.0223. The number of hydrogen-bond acceptors (Lipinski definition) is 5. The molecule has 1 fully saturated rings. The number of anilines is 1. The molecule has 3 rings (SSSR count). The van der Waals surface area contributed by atoms with Crippen LogP contribution in [0, 0.1) is 0 Å². The minimum atomic E-state index is -0.326. The van der Waals surface area contributed by atoms with Gasteiger partial charge in [-0.2, -0.15) is 10.2 Å². The fourth-order valence-electron chi connectivity index (χ4n) is 2.96. The summed E-state index contributed by atoms with van der Waals surface area (Å²) in [6.45, 7) is 0.763. The zero-order chi connectivity index (χ0) is 16.6. The van der Waals surface area contributed by atoms with Crippen molar-refractivity contribution in [3.63, 3.8) is 0 Å². The SMILES string of the molecule is Cn1cc(C(=O)CC2CCCN2c2cnn(C)c(=O)c2Cl)cn1. The first-order chi connectivity index (χ1) is 11.0. The van der Waals surface area contributed by atoms with Gasteiger partial charge in [0.2, 0.25) is 0 Å². The lowest BCUT2D eigenvalue weighted by molar-refractivity contribution is 0.0974. The third-order valence-electron chi connectivity index (χ3n) is 4.19. The van der Waals surface area contributed by atoms with Gasteiger partial charge in [0.05, 0.1) is 23.6 Å². The molecule has 1 aliphatic heterocycles. The second-order valence-electron chi connectivity index (χ2n) is 5.79. The van der Waals surface area contributed by atoms with Crippen LogP contribution >= 0.6 is 11.6 Å². The topological polar surface area (TPSA) is 73.0 Å². The number of halogens is 1. The highest BCUT2D eigenvalue weighted by Crippen LogP contribution is 2.31. The lowest BCUT2D eigenvalue weighted by Crippen LogP contribution is -2.33. The van der Waals surface area contributed by atoms with Gasteiger partial charge in [0.1, 0.15) is 5.02 Å². The average Bonchev–Trinajstić information content (AvgIpc) is 3.14. The number of carbonyl (C=O) groups excluding carboxylic acids is 1. The molecule has 3 heterocycles. The van der Waals surface area contributed by atoms with E-state index < -0.39 is 0 Å². The second-order valence-corrected chi connectivity index (χ2v) is 6.17. The van der Waals surface area contributed by atoms with Gasteiger partial charge in [0, 0.05) is 39.3 Å². The molecule has 122 valence electrons. The Hall–Kier alpha value is -2.15. The van der Waals surface area contributed by atoms with Crippen LogP contribution in [0.2, 0.25) is 5.02 Å². The van der Waals surface area contributed by atoms with Gasteiger partial charge in [0.25, 0.3) is 5.56 Å². The number of hydrogen-bond donors (Lipinski definition) is 0. The van der Waals surface area contributed by atoms with Gasteiger partial charge in [-0.1, -0.05) is 11.6 Å². The fraction of sp³-hybridized carbons (Fsp3) is 0.467. The molecule has 0 N–H and O–H groups in total. The third kappa shape index (κ3) is 3.01. The van der Waals surface area contributed by atoms with E-state index in [4.69, 9.17) is 11.6 Å². The highest BCUT2D eigenvalue weighted by molar-refractivity contribution is 6.33. The Morgan fingerprint density at radius 3 is 2.83 bits per heavy atom. The molecule has 23 heavy (non-hydrogen) atoms. The van der Waals surface area contributed by atoms with Crippen LogP contribution in [0.3, 0.4) is 0 Å². The molecule has 0 radical (unpaired) electrons. The van der Waals surface area contributed by atoms with Crippen LogP contribution in [0.5, 0.6) is 0 Å². The molecule has 1 aliphatic rings. The highest BCUT2D eigenvalue weighted by atomic mass is 35.5. The van der Waals surface area contributed by atoms with Crippen LogP contribution in [-0.2, 0) is 14.1 Å². The number of aryl methyl sites for hydroxylation is 2. The summed E-state index contributed by atoms with van der Waals surface area (Å²) in [7, 11) is 3.34. The van der Waals surface area contributed by atoms with Crippen LogP contribution in [0.4, 0.5) is 5.69 Å². The van der Waals surface area contributed by atoms with E-state index in [1.54, 1.807) is 37.4 Å². The van der Waals surface area contributed by atoms with Gasteiger partial charge in [-0.25, -0.2) is 4.68 Å². The van der Waals surface area contributed by atoms with Crippen molar-refractivity contribution >= 4 is 23.1 Å². The number of Topliss-reactive ketones (excluding diaryl/α,β-unsaturated/α-hetero) is 1. The van der Waals surface area contributed by atoms with Crippen molar-refractivity contribution in [2.45, 2.75) is 25.3 Å². The van der Waals surface area contributed by atoms with Crippen LogP contribution in [0.15, 0.2) is 23.4 Å². The second kappa shape index (κ2) is 6.16. The summed E-state index contributed by atoms with van der Waals surface area (Å²) in [6.07, 6.45) is 7.10. The molecule has 2 aromatic rings. The Kier molecular flexibility index (Phi) is 4.21. The molecule has 7 nitrogen and oxygen atoms in total. The maximum atomic E-state index is 12.4. The van der Waals surface area contributed by atoms with Crippen LogP contribution < -0.4 is 10.5 Å². The number of nitrogens with zero attached hydrogens (tertiary/aromatic N) is 5. The molecule has 2 aromatic heterocycles. The summed E-state index contributed by atoms with van der Waals surface area (Å²) < 4.78 is 2.82. The smallest absolute Gasteiger partial charge is 0.287 e. The first-order valence-corrected chi connectivity index (χ1v) is 7.85. The minimum Gasteiger partial charge on any atom is -0.365 e. The van der Waals surface area contributed by atoms with Crippen LogP contribution in [0.1, 0.15) is 29.6 Å². The van der Waals surface area contributed by atoms with E-state index in [1.807, 2.05) is 4.90 Å². The standard InChI is InChI=1S/C15H18ClN5O2/c1-19-9-10(7-17-19)13(22)6-11-4-3-5-21(11)12-8-18-20(2)15(23)14(12)16/h7-9,11H,3-6H2,1-2H3. The molecule has 8 heteroatoms. The zero-order valence-corrected chi connectivity index (χ0v) is 13.8. The lowest BCUT2D eigenvalue weighted by Gasteiger charge is -2.26. The Labute approximate surface area is 138 Å². The van der Waals surface area contributed by atoms with E-state index in [0.717, 1.165) is 19.4 Å². The Balaban J connectivity index is 1.82. The van der Waals surface area contributed by atoms with E-state index in [0.29, 0.717) is 17.7 Å². The molecule has 0 amide bonds. The maximum Gasteiger partial charge on any atom is 0.287 e. The van der Waals surface area contributed by atoms with E-state index in [2.05, 4.69) is 10.2 Å².